The zero-order valence-electron chi connectivity index (χ0n) is 13.2. The first kappa shape index (κ1) is 16.3. The standard InChI is InChI=1S/C16H17ClN6O/c1-19-16(24)13-5-8-23(21-13)12-3-2-7-22(10-12)15-14(17)11(9-18)4-6-20-15/h4-6,8,12H,2-3,7,10H2,1H3,(H,19,24)/t12-/m1/s1. The highest BCUT2D eigenvalue weighted by molar-refractivity contribution is 6.34. The molecule has 0 aromatic carbocycles. The predicted octanol–water partition coefficient (Wildman–Crippen LogP) is 2.00. The van der Waals surface area contributed by atoms with Crippen molar-refractivity contribution in [2.75, 3.05) is 25.0 Å². The van der Waals surface area contributed by atoms with Gasteiger partial charge in [0, 0.05) is 32.5 Å². The van der Waals surface area contributed by atoms with Crippen molar-refractivity contribution >= 4 is 23.3 Å². The summed E-state index contributed by atoms with van der Waals surface area (Å²) in [6, 6.07) is 5.52. The van der Waals surface area contributed by atoms with Crippen LogP contribution < -0.4 is 10.2 Å². The van der Waals surface area contributed by atoms with E-state index in [1.54, 1.807) is 25.4 Å². The van der Waals surface area contributed by atoms with Crippen molar-refractivity contribution in [2.24, 2.45) is 0 Å². The molecule has 0 aliphatic carbocycles. The van der Waals surface area contributed by atoms with E-state index in [4.69, 9.17) is 16.9 Å². The highest BCUT2D eigenvalue weighted by atomic mass is 35.5. The van der Waals surface area contributed by atoms with Crippen molar-refractivity contribution in [2.45, 2.75) is 18.9 Å². The highest BCUT2D eigenvalue weighted by Crippen LogP contribution is 2.31. The quantitative estimate of drug-likeness (QED) is 0.920. The second kappa shape index (κ2) is 6.89. The molecule has 3 heterocycles. The number of carbonyl (C=O) groups excluding carboxylic acids is 1. The lowest BCUT2D eigenvalue weighted by Crippen LogP contribution is -2.37. The lowest BCUT2D eigenvalue weighted by atomic mass is 10.1. The monoisotopic (exact) mass is 344 g/mol. The maximum atomic E-state index is 11.7. The van der Waals surface area contributed by atoms with Gasteiger partial charge >= 0.3 is 0 Å². The number of nitrogens with one attached hydrogen (secondary N) is 1. The van der Waals surface area contributed by atoms with Crippen molar-refractivity contribution in [3.63, 3.8) is 0 Å². The van der Waals surface area contributed by atoms with Crippen LogP contribution in [0.25, 0.3) is 0 Å². The van der Waals surface area contributed by atoms with Crippen LogP contribution in [0.2, 0.25) is 5.02 Å². The molecule has 124 valence electrons. The van der Waals surface area contributed by atoms with Gasteiger partial charge in [0.05, 0.1) is 11.6 Å². The second-order valence-electron chi connectivity index (χ2n) is 5.61. The van der Waals surface area contributed by atoms with Gasteiger partial charge < -0.3 is 10.2 Å². The number of halogens is 1. The summed E-state index contributed by atoms with van der Waals surface area (Å²) in [6.07, 6.45) is 5.33. The molecule has 0 unspecified atom stereocenters. The number of hydrogen-bond donors (Lipinski definition) is 1. The van der Waals surface area contributed by atoms with E-state index in [2.05, 4.69) is 26.4 Å². The molecule has 3 rings (SSSR count). The SMILES string of the molecule is CNC(=O)c1ccn([C@@H]2CCCN(c3nccc(C#N)c3Cl)C2)n1. The Kier molecular flexibility index (Phi) is 4.67. The molecule has 2 aromatic heterocycles. The molecule has 24 heavy (non-hydrogen) atoms. The van der Waals surface area contributed by atoms with Crippen LogP contribution >= 0.6 is 11.6 Å². The van der Waals surface area contributed by atoms with Crippen LogP contribution in [0, 0.1) is 11.3 Å². The Labute approximate surface area is 144 Å². The van der Waals surface area contributed by atoms with Gasteiger partial charge in [-0.2, -0.15) is 10.4 Å². The Bertz CT molecular complexity index is 796. The van der Waals surface area contributed by atoms with Gasteiger partial charge in [0.2, 0.25) is 0 Å². The number of hydrogen-bond acceptors (Lipinski definition) is 5. The zero-order chi connectivity index (χ0) is 17.1. The van der Waals surface area contributed by atoms with E-state index in [0.29, 0.717) is 28.6 Å². The van der Waals surface area contributed by atoms with Gasteiger partial charge in [0.15, 0.2) is 0 Å². The Hall–Kier alpha value is -2.59. The smallest absolute Gasteiger partial charge is 0.271 e. The van der Waals surface area contributed by atoms with Gasteiger partial charge in [0.25, 0.3) is 5.91 Å². The molecule has 1 N–H and O–H groups in total. The zero-order valence-corrected chi connectivity index (χ0v) is 14.0. The van der Waals surface area contributed by atoms with Gasteiger partial charge in [0.1, 0.15) is 22.6 Å². The van der Waals surface area contributed by atoms with E-state index in [0.717, 1.165) is 19.4 Å². The summed E-state index contributed by atoms with van der Waals surface area (Å²) in [7, 11) is 1.58. The molecule has 8 heteroatoms. The third-order valence-corrected chi connectivity index (χ3v) is 4.50. The molecule has 0 radical (unpaired) electrons. The number of amides is 1. The van der Waals surface area contributed by atoms with Crippen molar-refractivity contribution in [3.8, 4) is 6.07 Å². The summed E-state index contributed by atoms with van der Waals surface area (Å²) < 4.78 is 1.82. The minimum absolute atomic E-state index is 0.126. The Morgan fingerprint density at radius 2 is 2.33 bits per heavy atom. The van der Waals surface area contributed by atoms with E-state index in [1.165, 1.54) is 0 Å². The van der Waals surface area contributed by atoms with Crippen LogP contribution in [0.1, 0.15) is 34.9 Å². The second-order valence-corrected chi connectivity index (χ2v) is 5.99. The van der Waals surface area contributed by atoms with Gasteiger partial charge in [-0.1, -0.05) is 11.6 Å². The summed E-state index contributed by atoms with van der Waals surface area (Å²) in [6.45, 7) is 1.50. The number of aromatic nitrogens is 3. The summed E-state index contributed by atoms with van der Waals surface area (Å²) >= 11 is 6.30. The summed E-state index contributed by atoms with van der Waals surface area (Å²) in [4.78, 5) is 18.1. The topological polar surface area (TPSA) is 86.8 Å². The fraction of sp³-hybridized carbons (Fsp3) is 0.375. The number of nitriles is 1. The fourth-order valence-corrected chi connectivity index (χ4v) is 3.17. The molecule has 1 amide bonds. The molecule has 2 aromatic rings. The van der Waals surface area contributed by atoms with Crippen molar-refractivity contribution in [1.29, 1.82) is 5.26 Å². The summed E-state index contributed by atoms with van der Waals surface area (Å²) in [5.74, 6) is 0.423. The molecule has 0 spiro atoms. The molecule has 1 saturated heterocycles. The van der Waals surface area contributed by atoms with Gasteiger partial charge in [-0.15, -0.1) is 0 Å². The Balaban J connectivity index is 1.81. The normalized spacial score (nSPS) is 17.4. The van der Waals surface area contributed by atoms with Gasteiger partial charge in [-0.3, -0.25) is 9.48 Å². The van der Waals surface area contributed by atoms with E-state index in [1.807, 2.05) is 10.9 Å². The Morgan fingerprint density at radius 3 is 3.08 bits per heavy atom. The van der Waals surface area contributed by atoms with Crippen LogP contribution in [0.5, 0.6) is 0 Å². The molecular formula is C16H17ClN6O. The molecule has 1 aliphatic heterocycles. The van der Waals surface area contributed by atoms with Crippen LogP contribution in [-0.4, -0.2) is 40.8 Å². The third kappa shape index (κ3) is 3.05. The maximum Gasteiger partial charge on any atom is 0.271 e. The molecular weight excluding hydrogens is 328 g/mol. The average molecular weight is 345 g/mol. The van der Waals surface area contributed by atoms with Crippen LogP contribution in [0.4, 0.5) is 5.82 Å². The summed E-state index contributed by atoms with van der Waals surface area (Å²) in [5, 5.41) is 16.4. The molecule has 1 atom stereocenters. The van der Waals surface area contributed by atoms with E-state index >= 15 is 0 Å². The molecule has 0 saturated carbocycles. The van der Waals surface area contributed by atoms with Crippen molar-refractivity contribution in [3.05, 3.63) is 40.8 Å². The van der Waals surface area contributed by atoms with Crippen molar-refractivity contribution < 1.29 is 4.79 Å². The maximum absolute atomic E-state index is 11.7. The van der Waals surface area contributed by atoms with Crippen molar-refractivity contribution in [1.82, 2.24) is 20.1 Å². The lowest BCUT2D eigenvalue weighted by Gasteiger charge is -2.34. The number of carbonyl (C=O) groups is 1. The Morgan fingerprint density at radius 1 is 1.50 bits per heavy atom. The minimum Gasteiger partial charge on any atom is -0.354 e. The number of piperidine rings is 1. The number of nitrogens with zero attached hydrogens (tertiary/aromatic N) is 5. The average Bonchev–Trinajstić information content (AvgIpc) is 3.11. The van der Waals surface area contributed by atoms with Crippen LogP contribution in [-0.2, 0) is 0 Å². The van der Waals surface area contributed by atoms with Gasteiger partial charge in [-0.25, -0.2) is 4.98 Å². The van der Waals surface area contributed by atoms with Crippen LogP contribution in [0.3, 0.4) is 0 Å². The van der Waals surface area contributed by atoms with E-state index in [9.17, 15) is 4.79 Å². The minimum atomic E-state index is -0.201. The molecule has 1 aliphatic rings. The van der Waals surface area contributed by atoms with Crippen LogP contribution in [0.15, 0.2) is 24.5 Å². The summed E-state index contributed by atoms with van der Waals surface area (Å²) in [5.41, 5.74) is 0.821. The predicted molar refractivity (Wildman–Crippen MR) is 90.1 cm³/mol. The highest BCUT2D eigenvalue weighted by Gasteiger charge is 2.25. The number of rotatable bonds is 3. The molecule has 0 bridgehead atoms. The third-order valence-electron chi connectivity index (χ3n) is 4.13. The lowest BCUT2D eigenvalue weighted by molar-refractivity contribution is 0.0957. The number of anilines is 1. The largest absolute Gasteiger partial charge is 0.354 e. The molecule has 7 nitrogen and oxygen atoms in total. The first-order chi connectivity index (χ1) is 11.6. The molecule has 1 fully saturated rings. The first-order valence-electron chi connectivity index (χ1n) is 7.71. The fourth-order valence-electron chi connectivity index (χ4n) is 2.89. The first-order valence-corrected chi connectivity index (χ1v) is 8.08. The van der Waals surface area contributed by atoms with E-state index < -0.39 is 0 Å². The van der Waals surface area contributed by atoms with Gasteiger partial charge in [-0.05, 0) is 25.0 Å². The van der Waals surface area contributed by atoms with E-state index in [-0.39, 0.29) is 11.9 Å². The number of pyridine rings is 1.